The van der Waals surface area contributed by atoms with Crippen LogP contribution in [0.3, 0.4) is 0 Å². The molecule has 2 aromatic carbocycles. The first kappa shape index (κ1) is 18.4. The monoisotopic (exact) mass is 324 g/mol. The van der Waals surface area contributed by atoms with Crippen molar-refractivity contribution in [2.75, 3.05) is 11.1 Å². The second kappa shape index (κ2) is 8.77. The van der Waals surface area contributed by atoms with Gasteiger partial charge in [-0.15, -0.1) is 0 Å². The minimum absolute atomic E-state index is 0.519. The van der Waals surface area contributed by atoms with Gasteiger partial charge in [-0.3, -0.25) is 0 Å². The zero-order valence-corrected chi connectivity index (χ0v) is 15.7. The number of nitrogen functional groups attached to an aromatic ring is 1. The van der Waals surface area contributed by atoms with Gasteiger partial charge < -0.3 is 11.1 Å². The lowest BCUT2D eigenvalue weighted by molar-refractivity contribution is 0.594. The molecule has 2 aromatic rings. The largest absolute Gasteiger partial charge is 0.399 e. The van der Waals surface area contributed by atoms with Gasteiger partial charge in [-0.05, 0) is 73.7 Å². The molecule has 0 aliphatic heterocycles. The molecule has 1 atom stereocenters. The molecule has 130 valence electrons. The Morgan fingerprint density at radius 2 is 1.58 bits per heavy atom. The van der Waals surface area contributed by atoms with Crippen LogP contribution in [0.4, 0.5) is 11.4 Å². The fourth-order valence-electron chi connectivity index (χ4n) is 3.08. The van der Waals surface area contributed by atoms with E-state index in [4.69, 9.17) is 5.73 Å². The van der Waals surface area contributed by atoms with Crippen LogP contribution in [0.15, 0.2) is 36.4 Å². The zero-order valence-electron chi connectivity index (χ0n) is 15.7. The first-order chi connectivity index (χ1) is 11.5. The molecule has 0 fully saturated rings. The molecule has 24 heavy (non-hydrogen) atoms. The molecule has 0 radical (unpaired) electrons. The Balaban J connectivity index is 2.02. The predicted octanol–water partition coefficient (Wildman–Crippen LogP) is 6.32. The van der Waals surface area contributed by atoms with Crippen molar-refractivity contribution in [2.24, 2.45) is 0 Å². The number of rotatable bonds is 8. The van der Waals surface area contributed by atoms with Gasteiger partial charge in [-0.2, -0.15) is 0 Å². The average Bonchev–Trinajstić information content (AvgIpc) is 2.56. The maximum absolute atomic E-state index is 5.92. The van der Waals surface area contributed by atoms with Gasteiger partial charge in [0.25, 0.3) is 0 Å². The molecule has 0 saturated heterocycles. The summed E-state index contributed by atoms with van der Waals surface area (Å²) in [4.78, 5) is 0. The third-order valence-electron chi connectivity index (χ3n) is 4.72. The summed E-state index contributed by atoms with van der Waals surface area (Å²) in [5, 5.41) is 3.67. The Labute approximate surface area is 147 Å². The van der Waals surface area contributed by atoms with Crippen LogP contribution < -0.4 is 11.1 Å². The third kappa shape index (κ3) is 5.02. The van der Waals surface area contributed by atoms with Gasteiger partial charge in [0.05, 0.1) is 0 Å². The maximum atomic E-state index is 5.92. The van der Waals surface area contributed by atoms with Crippen LogP contribution in [0.2, 0.25) is 0 Å². The van der Waals surface area contributed by atoms with Crippen molar-refractivity contribution in [2.45, 2.75) is 65.8 Å². The number of nitrogens with one attached hydrogen (secondary N) is 1. The highest BCUT2D eigenvalue weighted by Crippen LogP contribution is 2.27. The standard InChI is InChI=1S/C22H32N2/c1-5-6-7-8-9-18(4)24-22-13-11-20(15-17(22)3)19-10-12-21(23)16(2)14-19/h10-15,18,24H,5-9,23H2,1-4H3. The Hall–Kier alpha value is -1.96. The van der Waals surface area contributed by atoms with Gasteiger partial charge in [0.1, 0.15) is 0 Å². The van der Waals surface area contributed by atoms with E-state index in [-0.39, 0.29) is 0 Å². The fraction of sp³-hybridized carbons (Fsp3) is 0.455. The van der Waals surface area contributed by atoms with Crippen LogP contribution in [0.25, 0.3) is 11.1 Å². The van der Waals surface area contributed by atoms with Crippen LogP contribution in [0.5, 0.6) is 0 Å². The normalized spacial score (nSPS) is 12.2. The van der Waals surface area contributed by atoms with Crippen molar-refractivity contribution in [3.8, 4) is 11.1 Å². The van der Waals surface area contributed by atoms with Crippen LogP contribution in [-0.4, -0.2) is 6.04 Å². The fourth-order valence-corrected chi connectivity index (χ4v) is 3.08. The van der Waals surface area contributed by atoms with Crippen LogP contribution >= 0.6 is 0 Å². The summed E-state index contributed by atoms with van der Waals surface area (Å²) < 4.78 is 0. The average molecular weight is 325 g/mol. The van der Waals surface area contributed by atoms with Crippen molar-refractivity contribution in [3.63, 3.8) is 0 Å². The van der Waals surface area contributed by atoms with E-state index < -0.39 is 0 Å². The highest BCUT2D eigenvalue weighted by Gasteiger charge is 2.07. The lowest BCUT2D eigenvalue weighted by atomic mass is 9.99. The molecular weight excluding hydrogens is 292 g/mol. The number of aryl methyl sites for hydroxylation is 2. The van der Waals surface area contributed by atoms with Crippen molar-refractivity contribution in [1.82, 2.24) is 0 Å². The number of benzene rings is 2. The van der Waals surface area contributed by atoms with Crippen molar-refractivity contribution in [1.29, 1.82) is 0 Å². The molecule has 0 spiro atoms. The lowest BCUT2D eigenvalue weighted by Gasteiger charge is -2.18. The summed E-state index contributed by atoms with van der Waals surface area (Å²) >= 11 is 0. The molecule has 0 bridgehead atoms. The molecule has 2 nitrogen and oxygen atoms in total. The highest BCUT2D eigenvalue weighted by atomic mass is 14.9. The van der Waals surface area contributed by atoms with E-state index >= 15 is 0 Å². The van der Waals surface area contributed by atoms with Gasteiger partial charge >= 0.3 is 0 Å². The number of nitrogens with two attached hydrogens (primary N) is 1. The second-order valence-corrected chi connectivity index (χ2v) is 7.00. The Morgan fingerprint density at radius 3 is 2.21 bits per heavy atom. The molecule has 1 unspecified atom stereocenters. The minimum atomic E-state index is 0.519. The number of hydrogen-bond acceptors (Lipinski definition) is 2. The predicted molar refractivity (Wildman–Crippen MR) is 108 cm³/mol. The Bertz CT molecular complexity index is 661. The van der Waals surface area contributed by atoms with Gasteiger partial charge in [-0.1, -0.05) is 44.7 Å². The van der Waals surface area contributed by atoms with Crippen molar-refractivity contribution >= 4 is 11.4 Å². The number of anilines is 2. The molecule has 3 N–H and O–H groups in total. The van der Waals surface area contributed by atoms with Gasteiger partial charge in [0.2, 0.25) is 0 Å². The van der Waals surface area contributed by atoms with Gasteiger partial charge in [0.15, 0.2) is 0 Å². The van der Waals surface area contributed by atoms with Gasteiger partial charge in [-0.25, -0.2) is 0 Å². The Kier molecular flexibility index (Phi) is 6.72. The molecule has 0 saturated carbocycles. The van der Waals surface area contributed by atoms with Crippen molar-refractivity contribution < 1.29 is 0 Å². The molecule has 0 aliphatic rings. The third-order valence-corrected chi connectivity index (χ3v) is 4.72. The minimum Gasteiger partial charge on any atom is -0.399 e. The van der Waals surface area contributed by atoms with Crippen LogP contribution in [0, 0.1) is 13.8 Å². The quantitative estimate of drug-likeness (QED) is 0.440. The summed E-state index contributed by atoms with van der Waals surface area (Å²) in [7, 11) is 0. The molecule has 0 aromatic heterocycles. The van der Waals surface area contributed by atoms with E-state index in [9.17, 15) is 0 Å². The second-order valence-electron chi connectivity index (χ2n) is 7.00. The SMILES string of the molecule is CCCCCCC(C)Nc1ccc(-c2ccc(N)c(C)c2)cc1C. The lowest BCUT2D eigenvalue weighted by Crippen LogP contribution is -2.15. The van der Waals surface area contributed by atoms with Crippen LogP contribution in [-0.2, 0) is 0 Å². The summed E-state index contributed by atoms with van der Waals surface area (Å²) in [5.74, 6) is 0. The first-order valence-corrected chi connectivity index (χ1v) is 9.25. The highest BCUT2D eigenvalue weighted by molar-refractivity contribution is 5.71. The van der Waals surface area contributed by atoms with E-state index in [0.29, 0.717) is 6.04 Å². The van der Waals surface area contributed by atoms with Crippen molar-refractivity contribution in [3.05, 3.63) is 47.5 Å². The number of hydrogen-bond donors (Lipinski definition) is 2. The molecule has 2 heteroatoms. The topological polar surface area (TPSA) is 38.0 Å². The molecule has 2 rings (SSSR count). The van der Waals surface area contributed by atoms with E-state index in [2.05, 4.69) is 63.3 Å². The zero-order chi connectivity index (χ0) is 17.5. The smallest absolute Gasteiger partial charge is 0.0372 e. The van der Waals surface area contributed by atoms with E-state index in [1.807, 2.05) is 6.07 Å². The summed E-state index contributed by atoms with van der Waals surface area (Å²) in [6.07, 6.45) is 6.54. The summed E-state index contributed by atoms with van der Waals surface area (Å²) in [5.41, 5.74) is 12.9. The molecule has 0 amide bonds. The Morgan fingerprint density at radius 1 is 0.917 bits per heavy atom. The van der Waals surface area contributed by atoms with Gasteiger partial charge in [0, 0.05) is 17.4 Å². The maximum Gasteiger partial charge on any atom is 0.0372 e. The molecule has 0 heterocycles. The van der Waals surface area contributed by atoms with E-state index in [1.165, 1.54) is 54.5 Å². The summed E-state index contributed by atoms with van der Waals surface area (Å²) in [6, 6.07) is 13.4. The first-order valence-electron chi connectivity index (χ1n) is 9.25. The number of unbranched alkanes of at least 4 members (excludes halogenated alkanes) is 3. The molecular formula is C22H32N2. The summed E-state index contributed by atoms with van der Waals surface area (Å²) in [6.45, 7) is 8.78. The van der Waals surface area contributed by atoms with Crippen LogP contribution in [0.1, 0.15) is 57.1 Å². The van der Waals surface area contributed by atoms with E-state index in [1.54, 1.807) is 0 Å². The van der Waals surface area contributed by atoms with E-state index in [0.717, 1.165) is 11.3 Å². The molecule has 0 aliphatic carbocycles.